The summed E-state index contributed by atoms with van der Waals surface area (Å²) in [5.74, 6) is -0.572. The van der Waals surface area contributed by atoms with E-state index in [4.69, 9.17) is 4.74 Å². The Hall–Kier alpha value is -3.19. The van der Waals surface area contributed by atoms with Crippen molar-refractivity contribution in [3.63, 3.8) is 0 Å². The third-order valence-corrected chi connectivity index (χ3v) is 6.57. The molecule has 3 aromatic rings. The van der Waals surface area contributed by atoms with Crippen LogP contribution >= 0.6 is 11.3 Å². The summed E-state index contributed by atoms with van der Waals surface area (Å²) in [6.07, 6.45) is 0.743. The number of rotatable bonds is 5. The van der Waals surface area contributed by atoms with E-state index in [1.54, 1.807) is 6.07 Å². The number of aryl methyl sites for hydroxylation is 1. The number of fused-ring (bicyclic) bond motifs is 1. The number of carboxylic acid groups (broad SMARTS) is 1. The van der Waals surface area contributed by atoms with E-state index < -0.39 is 11.6 Å². The highest BCUT2D eigenvalue weighted by molar-refractivity contribution is 7.17. The number of hydrogen-bond acceptors (Lipinski definition) is 5. The minimum Gasteiger partial charge on any atom is -0.478 e. The number of carbonyl (C=O) groups is 2. The van der Waals surface area contributed by atoms with Crippen LogP contribution in [0.15, 0.2) is 48.5 Å². The quantitative estimate of drug-likeness (QED) is 0.634. The molecule has 160 valence electrons. The van der Waals surface area contributed by atoms with E-state index in [9.17, 15) is 14.7 Å². The van der Waals surface area contributed by atoms with Crippen molar-refractivity contribution in [3.05, 3.63) is 70.2 Å². The number of hydrogen-bond donors (Lipinski definition) is 1. The number of carboxylic acids is 1. The van der Waals surface area contributed by atoms with E-state index in [1.807, 2.05) is 54.3 Å². The maximum absolute atomic E-state index is 13.3. The van der Waals surface area contributed by atoms with Gasteiger partial charge in [0, 0.05) is 18.7 Å². The number of aromatic nitrogens is 1. The summed E-state index contributed by atoms with van der Waals surface area (Å²) in [5, 5.41) is 10.1. The molecule has 6 nitrogen and oxygen atoms in total. The number of amides is 1. The molecule has 2 heterocycles. The highest BCUT2D eigenvalue weighted by Gasteiger charge is 2.30. The fourth-order valence-corrected chi connectivity index (χ4v) is 4.59. The summed E-state index contributed by atoms with van der Waals surface area (Å²) >= 11 is 1.42. The summed E-state index contributed by atoms with van der Waals surface area (Å²) in [5.41, 5.74) is 2.53. The van der Waals surface area contributed by atoms with E-state index in [0.717, 1.165) is 33.8 Å². The first-order valence-electron chi connectivity index (χ1n) is 10.1. The molecule has 0 unspecified atom stereocenters. The normalized spacial score (nSPS) is 13.6. The molecule has 0 fully saturated rings. The lowest BCUT2D eigenvalue weighted by molar-refractivity contribution is -0.152. The van der Waals surface area contributed by atoms with E-state index >= 15 is 0 Å². The largest absolute Gasteiger partial charge is 0.478 e. The van der Waals surface area contributed by atoms with Gasteiger partial charge in [0.1, 0.15) is 15.6 Å². The van der Waals surface area contributed by atoms with Crippen molar-refractivity contribution >= 4 is 23.2 Å². The molecule has 1 aromatic heterocycles. The molecular formula is C24H24N2O4S. The first kappa shape index (κ1) is 21.1. The second-order valence-corrected chi connectivity index (χ2v) is 9.12. The van der Waals surface area contributed by atoms with E-state index in [2.05, 4.69) is 4.98 Å². The molecule has 0 aliphatic carbocycles. The molecule has 1 aliphatic rings. The van der Waals surface area contributed by atoms with Crippen LogP contribution in [0.1, 0.15) is 40.3 Å². The van der Waals surface area contributed by atoms with Gasteiger partial charge in [-0.15, -0.1) is 11.3 Å². The number of thiazole rings is 1. The van der Waals surface area contributed by atoms with Crippen LogP contribution in [-0.4, -0.2) is 39.0 Å². The van der Waals surface area contributed by atoms with Crippen molar-refractivity contribution in [2.24, 2.45) is 0 Å². The van der Waals surface area contributed by atoms with Gasteiger partial charge < -0.3 is 14.7 Å². The van der Waals surface area contributed by atoms with Crippen molar-refractivity contribution in [2.75, 3.05) is 6.54 Å². The molecule has 0 radical (unpaired) electrons. The van der Waals surface area contributed by atoms with Crippen LogP contribution in [-0.2, 0) is 17.8 Å². The number of aliphatic carboxylic acids is 1. The van der Waals surface area contributed by atoms with Gasteiger partial charge in [0.25, 0.3) is 5.91 Å². The van der Waals surface area contributed by atoms with Crippen molar-refractivity contribution in [2.45, 2.75) is 39.3 Å². The van der Waals surface area contributed by atoms with Crippen molar-refractivity contribution in [1.82, 2.24) is 9.88 Å². The fraction of sp³-hybridized carbons (Fsp3) is 0.292. The lowest BCUT2D eigenvalue weighted by atomic mass is 9.99. The predicted octanol–water partition coefficient (Wildman–Crippen LogP) is 4.56. The number of carbonyl (C=O) groups excluding carboxylic acids is 1. The van der Waals surface area contributed by atoms with Crippen molar-refractivity contribution in [1.29, 1.82) is 0 Å². The third-order valence-electron chi connectivity index (χ3n) is 5.38. The van der Waals surface area contributed by atoms with Crippen LogP contribution in [0.3, 0.4) is 0 Å². The summed E-state index contributed by atoms with van der Waals surface area (Å²) in [7, 11) is 0. The first-order valence-corrected chi connectivity index (χ1v) is 10.9. The van der Waals surface area contributed by atoms with Gasteiger partial charge in [-0.25, -0.2) is 9.78 Å². The minimum absolute atomic E-state index is 0.0278. The van der Waals surface area contributed by atoms with Crippen LogP contribution in [0.2, 0.25) is 0 Å². The lowest BCUT2D eigenvalue weighted by Gasteiger charge is -2.29. The fourth-order valence-electron chi connectivity index (χ4n) is 3.55. The summed E-state index contributed by atoms with van der Waals surface area (Å²) < 4.78 is 5.67. The first-order chi connectivity index (χ1) is 14.7. The summed E-state index contributed by atoms with van der Waals surface area (Å²) in [6.45, 7) is 5.98. The molecule has 0 saturated carbocycles. The number of ether oxygens (including phenoxy) is 1. The third kappa shape index (κ3) is 4.32. The van der Waals surface area contributed by atoms with E-state index in [1.165, 1.54) is 25.2 Å². The SMILES string of the molecule is Cc1nc(-c2ccccc2)sc1C(=O)N1CCc2ccc(OC(C)(C)C(=O)O)cc2C1. The molecule has 0 saturated heterocycles. The smallest absolute Gasteiger partial charge is 0.347 e. The zero-order valence-corrected chi connectivity index (χ0v) is 18.5. The zero-order chi connectivity index (χ0) is 22.2. The van der Waals surface area contributed by atoms with Gasteiger partial charge in [-0.3, -0.25) is 4.79 Å². The Morgan fingerprint density at radius 3 is 2.58 bits per heavy atom. The lowest BCUT2D eigenvalue weighted by Crippen LogP contribution is -2.38. The monoisotopic (exact) mass is 436 g/mol. The van der Waals surface area contributed by atoms with E-state index in [-0.39, 0.29) is 5.91 Å². The van der Waals surface area contributed by atoms with E-state index in [0.29, 0.717) is 23.7 Å². The predicted molar refractivity (Wildman–Crippen MR) is 120 cm³/mol. The van der Waals surface area contributed by atoms with Crippen LogP contribution < -0.4 is 4.74 Å². The summed E-state index contributed by atoms with van der Waals surface area (Å²) in [6, 6.07) is 15.4. The maximum Gasteiger partial charge on any atom is 0.347 e. The maximum atomic E-state index is 13.3. The molecule has 0 bridgehead atoms. The van der Waals surface area contributed by atoms with Gasteiger partial charge in [0.15, 0.2) is 5.60 Å². The molecule has 0 atom stereocenters. The Labute approximate surface area is 185 Å². The Morgan fingerprint density at radius 1 is 1.13 bits per heavy atom. The number of nitrogens with zero attached hydrogens (tertiary/aromatic N) is 2. The summed E-state index contributed by atoms with van der Waals surface area (Å²) in [4.78, 5) is 31.7. The molecular weight excluding hydrogens is 412 g/mol. The molecule has 4 rings (SSSR count). The Kier molecular flexibility index (Phi) is 5.54. The molecule has 1 N–H and O–H groups in total. The minimum atomic E-state index is -1.33. The molecule has 1 aliphatic heterocycles. The van der Waals surface area contributed by atoms with Gasteiger partial charge in [-0.2, -0.15) is 0 Å². The highest BCUT2D eigenvalue weighted by atomic mass is 32.1. The molecule has 0 spiro atoms. The van der Waals surface area contributed by atoms with Gasteiger partial charge in [0.2, 0.25) is 0 Å². The average Bonchev–Trinajstić information content (AvgIpc) is 3.14. The van der Waals surface area contributed by atoms with Gasteiger partial charge in [-0.1, -0.05) is 36.4 Å². The van der Waals surface area contributed by atoms with Crippen LogP contribution in [0.5, 0.6) is 5.75 Å². The van der Waals surface area contributed by atoms with Crippen LogP contribution in [0, 0.1) is 6.92 Å². The van der Waals surface area contributed by atoms with Gasteiger partial charge in [-0.05, 0) is 50.5 Å². The van der Waals surface area contributed by atoms with Crippen molar-refractivity contribution < 1.29 is 19.4 Å². The van der Waals surface area contributed by atoms with Crippen LogP contribution in [0.25, 0.3) is 10.6 Å². The van der Waals surface area contributed by atoms with Crippen molar-refractivity contribution in [3.8, 4) is 16.3 Å². The van der Waals surface area contributed by atoms with Gasteiger partial charge >= 0.3 is 5.97 Å². The molecule has 2 aromatic carbocycles. The van der Waals surface area contributed by atoms with Gasteiger partial charge in [0.05, 0.1) is 5.69 Å². The molecule has 7 heteroatoms. The topological polar surface area (TPSA) is 79.7 Å². The Balaban J connectivity index is 1.55. The Bertz CT molecular complexity index is 1140. The molecule has 1 amide bonds. The second-order valence-electron chi connectivity index (χ2n) is 8.12. The second kappa shape index (κ2) is 8.15. The molecule has 31 heavy (non-hydrogen) atoms. The highest BCUT2D eigenvalue weighted by Crippen LogP contribution is 2.31. The number of benzene rings is 2. The zero-order valence-electron chi connectivity index (χ0n) is 17.7. The van der Waals surface area contributed by atoms with Crippen LogP contribution in [0.4, 0.5) is 0 Å². The standard InChI is InChI=1S/C24H24N2O4S/c1-15-20(31-21(25-15)17-7-5-4-6-8-17)22(27)26-12-11-16-9-10-19(13-18(16)14-26)30-24(2,3)23(28)29/h4-10,13H,11-12,14H2,1-3H3,(H,28,29). The average molecular weight is 437 g/mol. The Morgan fingerprint density at radius 2 is 1.87 bits per heavy atom.